The van der Waals surface area contributed by atoms with E-state index in [1.54, 1.807) is 65.8 Å². The first kappa shape index (κ1) is 40.0. The second-order valence-corrected chi connectivity index (χ2v) is 14.2. The Hall–Kier alpha value is -5.78. The van der Waals surface area contributed by atoms with E-state index < -0.39 is 59.9 Å². The number of carbonyl (C=O) groups excluding carboxylic acids is 5. The van der Waals surface area contributed by atoms with E-state index in [4.69, 9.17) is 18.9 Å². The highest BCUT2D eigenvalue weighted by atomic mass is 16.6. The number of rotatable bonds is 10. The fraction of sp³-hybridized carbons (Fsp3) is 0.385. The molecule has 0 bridgehead atoms. The molecule has 2 atom stereocenters. The molecule has 1 fully saturated rings. The SMILES string of the molecule is CC(C)(C)OC(=O)N(Cc1cc(NC(=O)C(O)C2OCCN(c3cccc(CC(=O)OCc4ccccc4)c3)C2=O)ccc1C#N)C(=O)OC(C)(C)C. The lowest BCUT2D eigenvalue weighted by Crippen LogP contribution is -2.55. The number of nitrogens with one attached hydrogen (secondary N) is 1. The summed E-state index contributed by atoms with van der Waals surface area (Å²) < 4.78 is 21.7. The number of benzene rings is 3. The monoisotopic (exact) mass is 728 g/mol. The maximum Gasteiger partial charge on any atom is 0.420 e. The van der Waals surface area contributed by atoms with Crippen molar-refractivity contribution in [2.45, 2.75) is 84.5 Å². The van der Waals surface area contributed by atoms with Gasteiger partial charge in [-0.05, 0) is 88.6 Å². The van der Waals surface area contributed by atoms with Crippen LogP contribution in [0.5, 0.6) is 0 Å². The normalized spacial score (nSPS) is 15.1. The van der Waals surface area contributed by atoms with Crippen LogP contribution in [0.1, 0.15) is 63.8 Å². The number of anilines is 2. The Bertz CT molecular complexity index is 1830. The fourth-order valence-corrected chi connectivity index (χ4v) is 5.15. The summed E-state index contributed by atoms with van der Waals surface area (Å²) in [6.45, 7) is 9.61. The van der Waals surface area contributed by atoms with Crippen LogP contribution in [0.15, 0.2) is 72.8 Å². The number of imide groups is 1. The van der Waals surface area contributed by atoms with Crippen molar-refractivity contribution in [3.8, 4) is 6.07 Å². The predicted molar refractivity (Wildman–Crippen MR) is 192 cm³/mol. The third-order valence-electron chi connectivity index (χ3n) is 7.54. The molecule has 14 nitrogen and oxygen atoms in total. The zero-order valence-corrected chi connectivity index (χ0v) is 30.6. The van der Waals surface area contributed by atoms with E-state index in [1.807, 2.05) is 36.4 Å². The van der Waals surface area contributed by atoms with Gasteiger partial charge in [-0.3, -0.25) is 14.4 Å². The smallest absolute Gasteiger partial charge is 0.420 e. The van der Waals surface area contributed by atoms with Gasteiger partial charge in [0.05, 0.1) is 31.2 Å². The number of ether oxygens (including phenoxy) is 4. The second kappa shape index (κ2) is 17.2. The minimum Gasteiger partial charge on any atom is -0.461 e. The van der Waals surface area contributed by atoms with Gasteiger partial charge < -0.3 is 34.3 Å². The Labute approximate surface area is 308 Å². The van der Waals surface area contributed by atoms with Crippen molar-refractivity contribution in [2.75, 3.05) is 23.4 Å². The second-order valence-electron chi connectivity index (χ2n) is 14.2. The molecule has 0 aromatic heterocycles. The van der Waals surface area contributed by atoms with E-state index in [0.717, 1.165) is 5.56 Å². The van der Waals surface area contributed by atoms with Gasteiger partial charge >= 0.3 is 18.2 Å². The molecule has 1 aliphatic rings. The van der Waals surface area contributed by atoms with Crippen molar-refractivity contribution in [1.29, 1.82) is 5.26 Å². The van der Waals surface area contributed by atoms with Crippen LogP contribution in [0.25, 0.3) is 0 Å². The van der Waals surface area contributed by atoms with Crippen LogP contribution < -0.4 is 10.2 Å². The van der Waals surface area contributed by atoms with Gasteiger partial charge in [0.2, 0.25) is 0 Å². The summed E-state index contributed by atoms with van der Waals surface area (Å²) in [7, 11) is 0. The van der Waals surface area contributed by atoms with Gasteiger partial charge in [0, 0.05) is 17.9 Å². The molecule has 4 rings (SSSR count). The number of esters is 1. The number of aliphatic hydroxyl groups excluding tert-OH is 1. The Kier molecular flexibility index (Phi) is 12.9. The van der Waals surface area contributed by atoms with Gasteiger partial charge in [0.25, 0.3) is 11.8 Å². The summed E-state index contributed by atoms with van der Waals surface area (Å²) in [4.78, 5) is 67.5. The molecule has 53 heavy (non-hydrogen) atoms. The third-order valence-corrected chi connectivity index (χ3v) is 7.54. The van der Waals surface area contributed by atoms with Gasteiger partial charge in [0.1, 0.15) is 17.8 Å². The average Bonchev–Trinajstić information content (AvgIpc) is 3.08. The van der Waals surface area contributed by atoms with Crippen molar-refractivity contribution < 1.29 is 48.0 Å². The van der Waals surface area contributed by atoms with Gasteiger partial charge in [-0.15, -0.1) is 0 Å². The van der Waals surface area contributed by atoms with E-state index in [2.05, 4.69) is 5.32 Å². The first-order valence-corrected chi connectivity index (χ1v) is 16.9. The highest BCUT2D eigenvalue weighted by molar-refractivity contribution is 6.04. The lowest BCUT2D eigenvalue weighted by molar-refractivity contribution is -0.150. The van der Waals surface area contributed by atoms with Crippen LogP contribution in [-0.4, -0.2) is 76.5 Å². The van der Waals surface area contributed by atoms with E-state index in [9.17, 15) is 34.3 Å². The topological polar surface area (TPSA) is 185 Å². The van der Waals surface area contributed by atoms with Crippen molar-refractivity contribution in [2.24, 2.45) is 0 Å². The Morgan fingerprint density at radius 2 is 1.58 bits per heavy atom. The first-order valence-electron chi connectivity index (χ1n) is 16.9. The lowest BCUT2D eigenvalue weighted by atomic mass is 10.1. The predicted octanol–water partition coefficient (Wildman–Crippen LogP) is 5.25. The van der Waals surface area contributed by atoms with Crippen LogP contribution >= 0.6 is 0 Å². The van der Waals surface area contributed by atoms with Gasteiger partial charge in [-0.2, -0.15) is 5.26 Å². The number of hydrogen-bond acceptors (Lipinski definition) is 11. The van der Waals surface area contributed by atoms with Gasteiger partial charge in [-0.1, -0.05) is 42.5 Å². The molecule has 0 saturated carbocycles. The summed E-state index contributed by atoms with van der Waals surface area (Å²) in [5.41, 5.74) is 0.353. The van der Waals surface area contributed by atoms with Crippen molar-refractivity contribution in [3.63, 3.8) is 0 Å². The van der Waals surface area contributed by atoms with Crippen LogP contribution in [0, 0.1) is 11.3 Å². The molecule has 0 aliphatic carbocycles. The number of nitriles is 1. The van der Waals surface area contributed by atoms with E-state index >= 15 is 0 Å². The third kappa shape index (κ3) is 11.6. The molecule has 3 aromatic rings. The standard InChI is InChI=1S/C39H44N4O10/c1-38(2,3)52-36(48)43(37(49)53-39(4,5)6)23-28-21-29(16-15-27(28)22-40)41-34(46)32(45)33-35(47)42(17-18-50-33)30-14-10-13-26(19-30)20-31(44)51-24-25-11-8-7-9-12-25/h7-16,19,21,32-33,45H,17-18,20,23-24H2,1-6H3,(H,41,46). The summed E-state index contributed by atoms with van der Waals surface area (Å²) in [5.74, 6) is -2.10. The Balaban J connectivity index is 1.45. The number of aliphatic hydroxyl groups is 1. The molecular weight excluding hydrogens is 684 g/mol. The zero-order valence-electron chi connectivity index (χ0n) is 30.6. The Morgan fingerprint density at radius 3 is 2.21 bits per heavy atom. The number of amides is 4. The summed E-state index contributed by atoms with van der Waals surface area (Å²) >= 11 is 0. The number of morpholine rings is 1. The highest BCUT2D eigenvalue weighted by Crippen LogP contribution is 2.25. The average molecular weight is 729 g/mol. The molecule has 4 amide bonds. The molecule has 1 aliphatic heterocycles. The maximum atomic E-state index is 13.5. The van der Waals surface area contributed by atoms with Gasteiger partial charge in [-0.25, -0.2) is 14.5 Å². The maximum absolute atomic E-state index is 13.5. The van der Waals surface area contributed by atoms with E-state index in [0.29, 0.717) is 16.2 Å². The van der Waals surface area contributed by atoms with Crippen LogP contribution in [-0.2, 0) is 52.9 Å². The molecule has 0 spiro atoms. The number of nitrogens with zero attached hydrogens (tertiary/aromatic N) is 3. The van der Waals surface area contributed by atoms with Crippen molar-refractivity contribution in [1.82, 2.24) is 4.90 Å². The van der Waals surface area contributed by atoms with Crippen LogP contribution in [0.3, 0.4) is 0 Å². The lowest BCUT2D eigenvalue weighted by Gasteiger charge is -2.34. The van der Waals surface area contributed by atoms with E-state index in [-0.39, 0.29) is 43.0 Å². The molecule has 1 saturated heterocycles. The quantitative estimate of drug-likeness (QED) is 0.205. The first-order chi connectivity index (χ1) is 24.9. The fourth-order valence-electron chi connectivity index (χ4n) is 5.15. The minimum absolute atomic E-state index is 0.0102. The molecule has 2 N–H and O–H groups in total. The van der Waals surface area contributed by atoms with Crippen molar-refractivity contribution >= 4 is 41.3 Å². The Morgan fingerprint density at radius 1 is 0.943 bits per heavy atom. The van der Waals surface area contributed by atoms with Crippen LogP contribution in [0.4, 0.5) is 21.0 Å². The summed E-state index contributed by atoms with van der Waals surface area (Å²) in [6, 6.07) is 22.1. The molecule has 1 heterocycles. The largest absolute Gasteiger partial charge is 0.461 e. The minimum atomic E-state index is -1.94. The molecule has 0 radical (unpaired) electrons. The molecular formula is C39H44N4O10. The number of carbonyl (C=O) groups is 5. The molecule has 3 aromatic carbocycles. The highest BCUT2D eigenvalue weighted by Gasteiger charge is 2.40. The summed E-state index contributed by atoms with van der Waals surface area (Å²) in [5, 5.41) is 23.3. The van der Waals surface area contributed by atoms with E-state index in [1.165, 1.54) is 23.1 Å². The van der Waals surface area contributed by atoms with Crippen molar-refractivity contribution in [3.05, 3.63) is 95.1 Å². The van der Waals surface area contributed by atoms with Gasteiger partial charge in [0.15, 0.2) is 12.2 Å². The molecule has 2 unspecified atom stereocenters. The number of hydrogen-bond donors (Lipinski definition) is 2. The zero-order chi connectivity index (χ0) is 38.9. The summed E-state index contributed by atoms with van der Waals surface area (Å²) in [6.07, 6.45) is -5.55. The molecule has 280 valence electrons. The molecule has 14 heteroatoms. The van der Waals surface area contributed by atoms with Crippen LogP contribution in [0.2, 0.25) is 0 Å².